The van der Waals surface area contributed by atoms with Crippen LogP contribution in [0.25, 0.3) is 0 Å². The van der Waals surface area contributed by atoms with Gasteiger partial charge in [0.1, 0.15) is 16.8 Å². The minimum absolute atomic E-state index is 0.130. The molecule has 0 spiro atoms. The second kappa shape index (κ2) is 6.10. The smallest absolute Gasteiger partial charge is 0.267 e. The molecule has 7 heteroatoms. The molecule has 0 saturated carbocycles. The molecule has 0 aliphatic carbocycles. The summed E-state index contributed by atoms with van der Waals surface area (Å²) in [7, 11) is 0. The third kappa shape index (κ3) is 2.89. The lowest BCUT2D eigenvalue weighted by Crippen LogP contribution is -2.48. The van der Waals surface area contributed by atoms with Crippen molar-refractivity contribution in [2.45, 2.75) is 13.0 Å². The molecule has 2 heterocycles. The predicted octanol–water partition coefficient (Wildman–Crippen LogP) is 2.37. The number of nitrogens with one attached hydrogen (secondary N) is 1. The highest BCUT2D eigenvalue weighted by Gasteiger charge is 2.32. The van der Waals surface area contributed by atoms with Crippen LogP contribution in [0.3, 0.4) is 0 Å². The third-order valence-electron chi connectivity index (χ3n) is 3.47. The van der Waals surface area contributed by atoms with Gasteiger partial charge in [0.05, 0.1) is 17.8 Å². The molecule has 1 aliphatic rings. The molecule has 2 amide bonds. The Morgan fingerprint density at radius 1 is 1.39 bits per heavy atom. The van der Waals surface area contributed by atoms with Gasteiger partial charge in [-0.25, -0.2) is 0 Å². The molecule has 0 radical (unpaired) electrons. The van der Waals surface area contributed by atoms with Crippen molar-refractivity contribution in [1.29, 1.82) is 5.26 Å². The zero-order chi connectivity index (χ0) is 16.4. The lowest BCUT2D eigenvalue weighted by molar-refractivity contribution is -0.123. The molecule has 23 heavy (non-hydrogen) atoms. The molecule has 1 aliphatic heterocycles. The number of ether oxygens (including phenoxy) is 1. The molecule has 6 nitrogen and oxygen atoms in total. The lowest BCUT2D eigenvalue weighted by atomic mass is 10.1. The van der Waals surface area contributed by atoms with E-state index in [9.17, 15) is 9.59 Å². The molecule has 0 bridgehead atoms. The Hall–Kier alpha value is -2.85. The van der Waals surface area contributed by atoms with E-state index in [1.54, 1.807) is 29.6 Å². The van der Waals surface area contributed by atoms with Gasteiger partial charge >= 0.3 is 0 Å². The van der Waals surface area contributed by atoms with Crippen LogP contribution < -0.4 is 15.0 Å². The number of hydrogen-bond acceptors (Lipinski definition) is 5. The highest BCUT2D eigenvalue weighted by atomic mass is 32.1. The van der Waals surface area contributed by atoms with Gasteiger partial charge in [0.2, 0.25) is 5.91 Å². The Bertz CT molecular complexity index is 809. The van der Waals surface area contributed by atoms with Crippen LogP contribution in [0, 0.1) is 11.3 Å². The second-order valence-electron chi connectivity index (χ2n) is 4.97. The van der Waals surface area contributed by atoms with Gasteiger partial charge in [-0.05, 0) is 23.6 Å². The number of amides is 2. The Kier molecular flexibility index (Phi) is 4.00. The maximum absolute atomic E-state index is 12.4. The average Bonchev–Trinajstić information content (AvgIpc) is 3.00. The molecular weight excluding hydrogens is 314 g/mol. The van der Waals surface area contributed by atoms with E-state index in [0.717, 1.165) is 0 Å². The highest BCUT2D eigenvalue weighted by molar-refractivity contribution is 7.14. The number of carbonyl (C=O) groups excluding carboxylic acids is 2. The topological polar surface area (TPSA) is 82.4 Å². The Labute approximate surface area is 136 Å². The number of carbonyl (C=O) groups is 2. The van der Waals surface area contributed by atoms with Crippen molar-refractivity contribution in [2.24, 2.45) is 0 Å². The van der Waals surface area contributed by atoms with Crippen molar-refractivity contribution in [2.75, 3.05) is 16.8 Å². The molecule has 1 aromatic heterocycles. The fraction of sp³-hybridized carbons (Fsp3) is 0.188. The highest BCUT2D eigenvalue weighted by Crippen LogP contribution is 2.33. The quantitative estimate of drug-likeness (QED) is 0.918. The standard InChI is InChI=1S/C16H13N3O3S/c1-10(20)19-9-14(22-13-5-3-2-4-12(13)19)15(21)18-16-11(8-17)6-7-23-16/h2-7,14H,9H2,1H3,(H,18,21)/t14-/m0/s1. The fourth-order valence-corrected chi connectivity index (χ4v) is 3.10. The molecule has 0 fully saturated rings. The normalized spacial score (nSPS) is 16.0. The summed E-state index contributed by atoms with van der Waals surface area (Å²) in [6, 6.07) is 10.7. The first-order valence-electron chi connectivity index (χ1n) is 6.92. The van der Waals surface area contributed by atoms with E-state index in [4.69, 9.17) is 10.00 Å². The summed E-state index contributed by atoms with van der Waals surface area (Å²) < 4.78 is 5.71. The largest absolute Gasteiger partial charge is 0.476 e. The first-order valence-corrected chi connectivity index (χ1v) is 7.80. The first-order chi connectivity index (χ1) is 11.1. The number of benzene rings is 1. The molecule has 0 saturated heterocycles. The number of anilines is 2. The van der Waals surface area contributed by atoms with Gasteiger partial charge < -0.3 is 15.0 Å². The van der Waals surface area contributed by atoms with Gasteiger partial charge in [0.25, 0.3) is 5.91 Å². The summed E-state index contributed by atoms with van der Waals surface area (Å²) >= 11 is 1.27. The van der Waals surface area contributed by atoms with Crippen LogP contribution in [0.2, 0.25) is 0 Å². The van der Waals surface area contributed by atoms with E-state index in [1.807, 2.05) is 12.1 Å². The van der Waals surface area contributed by atoms with Gasteiger partial charge in [-0.15, -0.1) is 11.3 Å². The van der Waals surface area contributed by atoms with E-state index >= 15 is 0 Å². The van der Waals surface area contributed by atoms with Crippen molar-refractivity contribution in [3.05, 3.63) is 41.3 Å². The van der Waals surface area contributed by atoms with Crippen LogP contribution in [0.1, 0.15) is 12.5 Å². The summed E-state index contributed by atoms with van der Waals surface area (Å²) in [6.45, 7) is 1.58. The van der Waals surface area contributed by atoms with E-state index in [0.29, 0.717) is 22.0 Å². The number of rotatable bonds is 2. The average molecular weight is 327 g/mol. The zero-order valence-corrected chi connectivity index (χ0v) is 13.1. The third-order valence-corrected chi connectivity index (χ3v) is 4.30. The number of fused-ring (bicyclic) bond motifs is 1. The van der Waals surface area contributed by atoms with Crippen LogP contribution in [0.15, 0.2) is 35.7 Å². The summed E-state index contributed by atoms with van der Waals surface area (Å²) in [5.41, 5.74) is 1.06. The van der Waals surface area contributed by atoms with Crippen LogP contribution in [-0.2, 0) is 9.59 Å². The van der Waals surface area contributed by atoms with Crippen molar-refractivity contribution in [3.8, 4) is 11.8 Å². The summed E-state index contributed by atoms with van der Waals surface area (Å²) in [4.78, 5) is 25.8. The number of hydrogen-bond donors (Lipinski definition) is 1. The van der Waals surface area contributed by atoms with Crippen molar-refractivity contribution in [3.63, 3.8) is 0 Å². The van der Waals surface area contributed by atoms with Crippen LogP contribution >= 0.6 is 11.3 Å². The fourth-order valence-electron chi connectivity index (χ4n) is 2.36. The van der Waals surface area contributed by atoms with Crippen molar-refractivity contribution in [1.82, 2.24) is 0 Å². The maximum atomic E-state index is 12.4. The summed E-state index contributed by atoms with van der Waals surface area (Å²) in [5, 5.41) is 13.9. The van der Waals surface area contributed by atoms with Gasteiger partial charge in [-0.3, -0.25) is 9.59 Å². The summed E-state index contributed by atoms with van der Waals surface area (Å²) in [6.07, 6.45) is -0.831. The molecule has 116 valence electrons. The molecular formula is C16H13N3O3S. The SMILES string of the molecule is CC(=O)N1C[C@@H](C(=O)Nc2sccc2C#N)Oc2ccccc21. The molecule has 1 aromatic carbocycles. The van der Waals surface area contributed by atoms with Gasteiger partial charge in [-0.2, -0.15) is 5.26 Å². The maximum Gasteiger partial charge on any atom is 0.267 e. The minimum atomic E-state index is -0.831. The van der Waals surface area contributed by atoms with Crippen LogP contribution in [0.4, 0.5) is 10.7 Å². The van der Waals surface area contributed by atoms with Gasteiger partial charge in [-0.1, -0.05) is 12.1 Å². The number of para-hydroxylation sites is 2. The zero-order valence-electron chi connectivity index (χ0n) is 12.3. The van der Waals surface area contributed by atoms with Gasteiger partial charge in [0, 0.05) is 6.92 Å². The molecule has 0 unspecified atom stereocenters. The lowest BCUT2D eigenvalue weighted by Gasteiger charge is -2.33. The Morgan fingerprint density at radius 3 is 2.91 bits per heavy atom. The van der Waals surface area contributed by atoms with Crippen molar-refractivity contribution >= 4 is 33.8 Å². The van der Waals surface area contributed by atoms with E-state index < -0.39 is 6.10 Å². The van der Waals surface area contributed by atoms with E-state index in [-0.39, 0.29) is 18.4 Å². The molecule has 3 rings (SSSR count). The number of thiophene rings is 1. The summed E-state index contributed by atoms with van der Waals surface area (Å²) in [5.74, 6) is -0.0575. The Balaban J connectivity index is 1.83. The van der Waals surface area contributed by atoms with Gasteiger partial charge in [0.15, 0.2) is 6.10 Å². The number of nitrogens with zero attached hydrogens (tertiary/aromatic N) is 2. The predicted molar refractivity (Wildman–Crippen MR) is 86.5 cm³/mol. The monoisotopic (exact) mass is 327 g/mol. The minimum Gasteiger partial charge on any atom is -0.476 e. The number of nitriles is 1. The van der Waals surface area contributed by atoms with Crippen molar-refractivity contribution < 1.29 is 14.3 Å². The van der Waals surface area contributed by atoms with Crippen LogP contribution in [-0.4, -0.2) is 24.5 Å². The van der Waals surface area contributed by atoms with E-state index in [2.05, 4.69) is 5.32 Å². The first kappa shape index (κ1) is 15.1. The molecule has 2 aromatic rings. The Morgan fingerprint density at radius 2 is 2.17 bits per heavy atom. The van der Waals surface area contributed by atoms with Crippen LogP contribution in [0.5, 0.6) is 5.75 Å². The molecule has 1 N–H and O–H groups in total. The second-order valence-corrected chi connectivity index (χ2v) is 5.88. The van der Waals surface area contributed by atoms with E-state index in [1.165, 1.54) is 23.2 Å². The molecule has 1 atom stereocenters.